The molecular formula is C15H21ClN2O4. The molecule has 22 heavy (non-hydrogen) atoms. The van der Waals surface area contributed by atoms with Crippen molar-refractivity contribution in [2.75, 3.05) is 6.54 Å². The van der Waals surface area contributed by atoms with Gasteiger partial charge in [-0.2, -0.15) is 0 Å². The highest BCUT2D eigenvalue weighted by Crippen LogP contribution is 2.04. The number of ether oxygens (including phenoxy) is 1. The first kappa shape index (κ1) is 18.4. The number of benzene rings is 1. The molecule has 0 aromatic heterocycles. The highest BCUT2D eigenvalue weighted by atomic mass is 35.5. The van der Waals surface area contributed by atoms with Crippen molar-refractivity contribution in [1.29, 1.82) is 0 Å². The van der Waals surface area contributed by atoms with E-state index in [1.807, 2.05) is 37.3 Å². The average Bonchev–Trinajstić information content (AvgIpc) is 2.55. The molecule has 0 saturated heterocycles. The molecule has 0 fully saturated rings. The summed E-state index contributed by atoms with van der Waals surface area (Å²) in [6, 6.07) is 8.65. The second-order valence-electron chi connectivity index (χ2n) is 4.81. The fourth-order valence-corrected chi connectivity index (χ4v) is 2.05. The van der Waals surface area contributed by atoms with Gasteiger partial charge in [-0.3, -0.25) is 9.59 Å². The third-order valence-electron chi connectivity index (χ3n) is 3.04. The molecule has 0 aliphatic carbocycles. The Bertz CT molecular complexity index is 470. The topological polar surface area (TPSA) is 87.7 Å². The van der Waals surface area contributed by atoms with Crippen molar-refractivity contribution in [2.24, 2.45) is 0 Å². The van der Waals surface area contributed by atoms with Crippen LogP contribution in [0.4, 0.5) is 0 Å². The van der Waals surface area contributed by atoms with E-state index in [4.69, 9.17) is 16.5 Å². The van der Waals surface area contributed by atoms with Crippen molar-refractivity contribution >= 4 is 23.7 Å². The third-order valence-corrected chi connectivity index (χ3v) is 3.32. The van der Waals surface area contributed by atoms with E-state index in [-0.39, 0.29) is 13.2 Å². The second-order valence-corrected chi connectivity index (χ2v) is 5.03. The quantitative estimate of drug-likeness (QED) is 0.467. The molecule has 0 bridgehead atoms. The number of esters is 1. The minimum Gasteiger partial charge on any atom is -0.460 e. The smallest absolute Gasteiger partial charge is 0.325 e. The van der Waals surface area contributed by atoms with Crippen LogP contribution in [0.1, 0.15) is 25.3 Å². The summed E-state index contributed by atoms with van der Waals surface area (Å²) in [5, 5.41) is 12.1. The van der Waals surface area contributed by atoms with Gasteiger partial charge in [0.2, 0.25) is 0 Å². The number of halogens is 1. The van der Waals surface area contributed by atoms with E-state index in [2.05, 4.69) is 10.2 Å². The number of amides is 1. The zero-order chi connectivity index (χ0) is 16.4. The van der Waals surface area contributed by atoms with E-state index in [1.54, 1.807) is 0 Å². The minimum absolute atomic E-state index is 0.139. The molecule has 1 rings (SSSR count). The molecule has 3 N–H and O–H groups in total. The summed E-state index contributed by atoms with van der Waals surface area (Å²) in [4.78, 5) is 25.6. The number of carbonyl (C=O) groups excluding carboxylic acids is 2. The Kier molecular flexibility index (Phi) is 8.50. The van der Waals surface area contributed by atoms with Crippen LogP contribution in [0.25, 0.3) is 0 Å². The average molecular weight is 329 g/mol. The van der Waals surface area contributed by atoms with Crippen LogP contribution in [0.15, 0.2) is 30.3 Å². The summed E-state index contributed by atoms with van der Waals surface area (Å²) in [7, 11) is 0. The van der Waals surface area contributed by atoms with Gasteiger partial charge >= 0.3 is 5.97 Å². The fraction of sp³-hybridized carbons (Fsp3) is 0.467. The number of rotatable bonds is 9. The number of hydrogen-bond donors (Lipinski definition) is 3. The number of aliphatic hydroxyl groups excluding tert-OH is 1. The minimum atomic E-state index is -1.32. The summed E-state index contributed by atoms with van der Waals surface area (Å²) in [5.74, 6) is -1.24. The normalized spacial score (nSPS) is 13.2. The highest BCUT2D eigenvalue weighted by molar-refractivity contribution is 6.13. The first-order chi connectivity index (χ1) is 10.6. The Morgan fingerprint density at radius 3 is 2.59 bits per heavy atom. The van der Waals surface area contributed by atoms with Crippen molar-refractivity contribution in [1.82, 2.24) is 10.2 Å². The largest absolute Gasteiger partial charge is 0.460 e. The molecule has 6 nitrogen and oxygen atoms in total. The zero-order valence-corrected chi connectivity index (χ0v) is 13.2. The molecule has 0 saturated carbocycles. The summed E-state index contributed by atoms with van der Waals surface area (Å²) in [5.41, 5.74) is 0.858. The Morgan fingerprint density at radius 2 is 2.00 bits per heavy atom. The van der Waals surface area contributed by atoms with Gasteiger partial charge in [0.05, 0.1) is 6.04 Å². The van der Waals surface area contributed by atoms with Crippen LogP contribution in [0.2, 0.25) is 0 Å². The summed E-state index contributed by atoms with van der Waals surface area (Å²) >= 11 is 5.48. The van der Waals surface area contributed by atoms with Gasteiger partial charge in [-0.15, -0.1) is 0 Å². The van der Waals surface area contributed by atoms with Crippen LogP contribution < -0.4 is 10.2 Å². The zero-order valence-electron chi connectivity index (χ0n) is 12.4. The molecule has 2 unspecified atom stereocenters. The predicted octanol–water partition coefficient (Wildman–Crippen LogP) is 1.12. The van der Waals surface area contributed by atoms with Gasteiger partial charge in [0.25, 0.3) is 5.91 Å². The molecular weight excluding hydrogens is 308 g/mol. The molecule has 122 valence electrons. The number of aliphatic hydroxyl groups is 1. The fourth-order valence-electron chi connectivity index (χ4n) is 1.82. The van der Waals surface area contributed by atoms with E-state index >= 15 is 0 Å². The number of carbonyl (C=O) groups is 2. The van der Waals surface area contributed by atoms with Gasteiger partial charge < -0.3 is 15.2 Å². The summed E-state index contributed by atoms with van der Waals surface area (Å²) < 4.78 is 5.02. The molecule has 0 heterocycles. The van der Waals surface area contributed by atoms with Crippen LogP contribution in [-0.4, -0.2) is 35.7 Å². The van der Waals surface area contributed by atoms with Crippen LogP contribution in [0, 0.1) is 0 Å². The number of hydrogen-bond acceptors (Lipinski definition) is 5. The monoisotopic (exact) mass is 328 g/mol. The Labute approximate surface area is 134 Å². The van der Waals surface area contributed by atoms with Crippen molar-refractivity contribution in [3.63, 3.8) is 0 Å². The maximum atomic E-state index is 11.7. The standard InChI is InChI=1S/C15H21ClN2O4/c1-2-6-12(18-16)14(20)15(21)17-9-13(19)22-10-11-7-4-3-5-8-11/h3-5,7-8,12,14,18,20H,2,6,9-10H2,1H3,(H,17,21). The predicted molar refractivity (Wildman–Crippen MR) is 82.9 cm³/mol. The lowest BCUT2D eigenvalue weighted by Crippen LogP contribution is -2.47. The third kappa shape index (κ3) is 6.43. The molecule has 0 aliphatic rings. The Morgan fingerprint density at radius 1 is 1.32 bits per heavy atom. The van der Waals surface area contributed by atoms with Gasteiger partial charge in [-0.05, 0) is 23.8 Å². The van der Waals surface area contributed by atoms with Crippen LogP contribution in [0.5, 0.6) is 0 Å². The number of nitrogens with one attached hydrogen (secondary N) is 2. The van der Waals surface area contributed by atoms with Gasteiger partial charge in [0, 0.05) is 0 Å². The summed E-state index contributed by atoms with van der Waals surface area (Å²) in [6.45, 7) is 1.75. The molecule has 0 spiro atoms. The Balaban J connectivity index is 2.32. The lowest BCUT2D eigenvalue weighted by Gasteiger charge is -2.19. The van der Waals surface area contributed by atoms with Crippen molar-refractivity contribution < 1.29 is 19.4 Å². The van der Waals surface area contributed by atoms with Gasteiger partial charge in [-0.1, -0.05) is 43.7 Å². The first-order valence-electron chi connectivity index (χ1n) is 7.10. The van der Waals surface area contributed by atoms with Crippen LogP contribution in [-0.2, 0) is 20.9 Å². The molecule has 1 aromatic rings. The lowest BCUT2D eigenvalue weighted by atomic mass is 10.1. The summed E-state index contributed by atoms with van der Waals surface area (Å²) in [6.07, 6.45) is -0.0240. The van der Waals surface area contributed by atoms with E-state index < -0.39 is 24.0 Å². The van der Waals surface area contributed by atoms with Gasteiger partial charge in [-0.25, -0.2) is 4.84 Å². The van der Waals surface area contributed by atoms with Crippen molar-refractivity contribution in [2.45, 2.75) is 38.5 Å². The maximum Gasteiger partial charge on any atom is 0.325 e. The SMILES string of the molecule is CCCC(NCl)C(O)C(=O)NCC(=O)OCc1ccccc1. The lowest BCUT2D eigenvalue weighted by molar-refractivity contribution is -0.146. The van der Waals surface area contributed by atoms with Gasteiger partial charge in [0.15, 0.2) is 0 Å². The maximum absolute atomic E-state index is 11.7. The van der Waals surface area contributed by atoms with Crippen LogP contribution >= 0.6 is 11.8 Å². The van der Waals surface area contributed by atoms with E-state index in [1.165, 1.54) is 0 Å². The Hall–Kier alpha value is -1.63. The highest BCUT2D eigenvalue weighted by Gasteiger charge is 2.25. The molecule has 0 radical (unpaired) electrons. The van der Waals surface area contributed by atoms with Crippen LogP contribution in [0.3, 0.4) is 0 Å². The van der Waals surface area contributed by atoms with Crippen molar-refractivity contribution in [3.05, 3.63) is 35.9 Å². The molecule has 1 aromatic carbocycles. The van der Waals surface area contributed by atoms with Crippen molar-refractivity contribution in [3.8, 4) is 0 Å². The van der Waals surface area contributed by atoms with E-state index in [9.17, 15) is 14.7 Å². The van der Waals surface area contributed by atoms with E-state index in [0.29, 0.717) is 6.42 Å². The van der Waals surface area contributed by atoms with E-state index in [0.717, 1.165) is 12.0 Å². The molecule has 0 aliphatic heterocycles. The first-order valence-corrected chi connectivity index (χ1v) is 7.47. The molecule has 2 atom stereocenters. The molecule has 7 heteroatoms. The second kappa shape index (κ2) is 10.2. The molecule has 1 amide bonds. The van der Waals surface area contributed by atoms with Gasteiger partial charge in [0.1, 0.15) is 19.3 Å².